The molecule has 3 rings (SSSR count). The number of carbonyl (C=O) groups is 1. The van der Waals surface area contributed by atoms with Crippen LogP contribution in [-0.4, -0.2) is 12.5 Å². The monoisotopic (exact) mass is 281 g/mol. The van der Waals surface area contributed by atoms with Crippen molar-refractivity contribution in [1.82, 2.24) is 0 Å². The van der Waals surface area contributed by atoms with Crippen molar-refractivity contribution < 1.29 is 9.53 Å². The summed E-state index contributed by atoms with van der Waals surface area (Å²) in [4.78, 5) is 12.3. The summed E-state index contributed by atoms with van der Waals surface area (Å²) in [6.45, 7) is 2.52. The third-order valence-electron chi connectivity index (χ3n) is 3.80. The maximum Gasteiger partial charge on any atom is 0.228 e. The van der Waals surface area contributed by atoms with Gasteiger partial charge in [-0.05, 0) is 37.0 Å². The van der Waals surface area contributed by atoms with E-state index >= 15 is 0 Å². The van der Waals surface area contributed by atoms with Gasteiger partial charge in [-0.3, -0.25) is 4.79 Å². The zero-order chi connectivity index (χ0) is 14.7. The Hall–Kier alpha value is -2.29. The van der Waals surface area contributed by atoms with E-state index in [1.54, 1.807) is 0 Å². The van der Waals surface area contributed by atoms with E-state index in [1.807, 2.05) is 49.4 Å². The lowest BCUT2D eigenvalue weighted by Crippen LogP contribution is -2.15. The molecule has 2 aromatic rings. The SMILES string of the molecule is CCOc1ccccc1NC(=O)[C@H]1C[C@H]1c1ccccc1. The lowest BCUT2D eigenvalue weighted by Gasteiger charge is -2.11. The van der Waals surface area contributed by atoms with Crippen LogP contribution in [-0.2, 0) is 4.79 Å². The van der Waals surface area contributed by atoms with Crippen LogP contribution in [0.25, 0.3) is 0 Å². The minimum absolute atomic E-state index is 0.0714. The number of ether oxygens (including phenoxy) is 1. The molecule has 0 unspecified atom stereocenters. The highest BCUT2D eigenvalue weighted by atomic mass is 16.5. The average molecular weight is 281 g/mol. The largest absolute Gasteiger partial charge is 0.492 e. The Morgan fingerprint density at radius 1 is 1.14 bits per heavy atom. The van der Waals surface area contributed by atoms with E-state index in [1.165, 1.54) is 5.56 Å². The Balaban J connectivity index is 1.66. The zero-order valence-corrected chi connectivity index (χ0v) is 12.1. The zero-order valence-electron chi connectivity index (χ0n) is 12.1. The second kappa shape index (κ2) is 6.00. The fourth-order valence-corrected chi connectivity index (χ4v) is 2.63. The number of rotatable bonds is 5. The van der Waals surface area contributed by atoms with Crippen molar-refractivity contribution in [3.63, 3.8) is 0 Å². The molecule has 108 valence electrons. The fourth-order valence-electron chi connectivity index (χ4n) is 2.63. The number of para-hydroxylation sites is 2. The van der Waals surface area contributed by atoms with Crippen LogP contribution in [0.2, 0.25) is 0 Å². The number of benzene rings is 2. The normalized spacial score (nSPS) is 19.9. The molecule has 0 bridgehead atoms. The van der Waals surface area contributed by atoms with E-state index in [2.05, 4.69) is 17.4 Å². The van der Waals surface area contributed by atoms with Crippen LogP contribution in [0.4, 0.5) is 5.69 Å². The summed E-state index contributed by atoms with van der Waals surface area (Å²) < 4.78 is 5.53. The molecule has 0 aromatic heterocycles. The summed E-state index contributed by atoms with van der Waals surface area (Å²) in [5.74, 6) is 1.23. The standard InChI is InChI=1S/C18H19NO2/c1-2-21-17-11-7-6-10-16(17)19-18(20)15-12-14(15)13-8-4-3-5-9-13/h3-11,14-15H,2,12H2,1H3,(H,19,20)/t14-,15-/m0/s1. The molecule has 21 heavy (non-hydrogen) atoms. The molecular formula is C18H19NO2. The maximum absolute atomic E-state index is 12.3. The van der Waals surface area contributed by atoms with Crippen molar-refractivity contribution in [1.29, 1.82) is 0 Å². The molecule has 3 heteroatoms. The smallest absolute Gasteiger partial charge is 0.228 e. The Labute approximate surface area is 124 Å². The van der Waals surface area contributed by atoms with Crippen LogP contribution >= 0.6 is 0 Å². The van der Waals surface area contributed by atoms with Crippen molar-refractivity contribution in [3.8, 4) is 5.75 Å². The molecule has 1 aliphatic rings. The molecule has 0 aliphatic heterocycles. The Morgan fingerprint density at radius 2 is 1.86 bits per heavy atom. The van der Waals surface area contributed by atoms with Crippen molar-refractivity contribution in [2.75, 3.05) is 11.9 Å². The van der Waals surface area contributed by atoms with Crippen LogP contribution < -0.4 is 10.1 Å². The first kappa shape index (κ1) is 13.7. The van der Waals surface area contributed by atoms with Crippen molar-refractivity contribution in [2.45, 2.75) is 19.3 Å². The minimum Gasteiger partial charge on any atom is -0.492 e. The second-order valence-electron chi connectivity index (χ2n) is 5.28. The molecule has 1 N–H and O–H groups in total. The van der Waals surface area contributed by atoms with Gasteiger partial charge in [0.25, 0.3) is 0 Å². The molecular weight excluding hydrogens is 262 g/mol. The van der Waals surface area contributed by atoms with Crippen LogP contribution in [0.5, 0.6) is 5.75 Å². The summed E-state index contributed by atoms with van der Waals surface area (Å²) in [6.07, 6.45) is 0.923. The summed E-state index contributed by atoms with van der Waals surface area (Å²) in [5.41, 5.74) is 2.00. The van der Waals surface area contributed by atoms with Crippen LogP contribution in [0.1, 0.15) is 24.8 Å². The van der Waals surface area contributed by atoms with Gasteiger partial charge in [-0.25, -0.2) is 0 Å². The fraction of sp³-hybridized carbons (Fsp3) is 0.278. The van der Waals surface area contributed by atoms with Gasteiger partial charge < -0.3 is 10.1 Å². The van der Waals surface area contributed by atoms with Gasteiger partial charge in [0.1, 0.15) is 5.75 Å². The number of carbonyl (C=O) groups excluding carboxylic acids is 1. The van der Waals surface area contributed by atoms with Gasteiger partial charge in [0.05, 0.1) is 12.3 Å². The Bertz CT molecular complexity index is 624. The van der Waals surface area contributed by atoms with Crippen LogP contribution in [0.15, 0.2) is 54.6 Å². The third-order valence-corrected chi connectivity index (χ3v) is 3.80. The van der Waals surface area contributed by atoms with Crippen molar-refractivity contribution >= 4 is 11.6 Å². The number of amides is 1. The highest BCUT2D eigenvalue weighted by molar-refractivity contribution is 5.96. The van der Waals surface area contributed by atoms with E-state index in [9.17, 15) is 4.79 Å². The van der Waals surface area contributed by atoms with E-state index in [0.29, 0.717) is 12.5 Å². The van der Waals surface area contributed by atoms with Crippen molar-refractivity contribution in [2.24, 2.45) is 5.92 Å². The lowest BCUT2D eigenvalue weighted by molar-refractivity contribution is -0.117. The molecule has 2 atom stereocenters. The van der Waals surface area contributed by atoms with Crippen LogP contribution in [0.3, 0.4) is 0 Å². The quantitative estimate of drug-likeness (QED) is 0.904. The van der Waals surface area contributed by atoms with E-state index < -0.39 is 0 Å². The van der Waals surface area contributed by atoms with Gasteiger partial charge in [-0.2, -0.15) is 0 Å². The van der Waals surface area contributed by atoms with E-state index in [0.717, 1.165) is 17.9 Å². The molecule has 1 aliphatic carbocycles. The Morgan fingerprint density at radius 3 is 2.62 bits per heavy atom. The summed E-state index contributed by atoms with van der Waals surface area (Å²) in [7, 11) is 0. The maximum atomic E-state index is 12.3. The highest BCUT2D eigenvalue weighted by Gasteiger charge is 2.43. The molecule has 0 heterocycles. The molecule has 2 aromatic carbocycles. The number of hydrogen-bond acceptors (Lipinski definition) is 2. The lowest BCUT2D eigenvalue weighted by atomic mass is 10.1. The summed E-state index contributed by atoms with van der Waals surface area (Å²) in [6, 6.07) is 17.8. The minimum atomic E-state index is 0.0714. The van der Waals surface area contributed by atoms with Crippen LogP contribution in [0, 0.1) is 5.92 Å². The third kappa shape index (κ3) is 3.07. The van der Waals surface area contributed by atoms with Gasteiger partial charge >= 0.3 is 0 Å². The predicted molar refractivity (Wildman–Crippen MR) is 83.5 cm³/mol. The molecule has 1 amide bonds. The van der Waals surface area contributed by atoms with Gasteiger partial charge in [0.2, 0.25) is 5.91 Å². The molecule has 0 spiro atoms. The van der Waals surface area contributed by atoms with E-state index in [4.69, 9.17) is 4.74 Å². The predicted octanol–water partition coefficient (Wildman–Crippen LogP) is 3.83. The van der Waals surface area contributed by atoms with Gasteiger partial charge in [-0.1, -0.05) is 42.5 Å². The summed E-state index contributed by atoms with van der Waals surface area (Å²) >= 11 is 0. The molecule has 0 saturated heterocycles. The number of nitrogens with one attached hydrogen (secondary N) is 1. The second-order valence-corrected chi connectivity index (χ2v) is 5.28. The molecule has 1 saturated carbocycles. The topological polar surface area (TPSA) is 38.3 Å². The number of hydrogen-bond donors (Lipinski definition) is 1. The van der Waals surface area contributed by atoms with E-state index in [-0.39, 0.29) is 11.8 Å². The first-order valence-electron chi connectivity index (χ1n) is 7.37. The van der Waals surface area contributed by atoms with Gasteiger partial charge in [0.15, 0.2) is 0 Å². The Kier molecular flexibility index (Phi) is 3.91. The first-order chi connectivity index (χ1) is 10.3. The highest BCUT2D eigenvalue weighted by Crippen LogP contribution is 2.48. The molecule has 1 fully saturated rings. The molecule has 0 radical (unpaired) electrons. The van der Waals surface area contributed by atoms with Gasteiger partial charge in [0, 0.05) is 5.92 Å². The first-order valence-corrected chi connectivity index (χ1v) is 7.37. The summed E-state index contributed by atoms with van der Waals surface area (Å²) in [5, 5.41) is 2.99. The van der Waals surface area contributed by atoms with Crippen molar-refractivity contribution in [3.05, 3.63) is 60.2 Å². The number of anilines is 1. The van der Waals surface area contributed by atoms with Gasteiger partial charge in [-0.15, -0.1) is 0 Å². The molecule has 3 nitrogen and oxygen atoms in total. The average Bonchev–Trinajstić information content (AvgIpc) is 3.31.